The number of aryl methyl sites for hydroxylation is 1. The van der Waals surface area contributed by atoms with Crippen LogP contribution in [0.15, 0.2) is 24.3 Å². The third kappa shape index (κ3) is 4.10. The smallest absolute Gasteiger partial charge is 0.150 e. The van der Waals surface area contributed by atoms with Gasteiger partial charge in [0.15, 0.2) is 0 Å². The fourth-order valence-electron chi connectivity index (χ4n) is 2.05. The fraction of sp³-hybridized carbons (Fsp3) is 0.462. The molecular weight excluding hydrogens is 241 g/mol. The molecule has 1 saturated heterocycles. The molecule has 1 aromatic carbocycles. The summed E-state index contributed by atoms with van der Waals surface area (Å²) in [5, 5.41) is 3.19. The number of halogens is 2. The van der Waals surface area contributed by atoms with Gasteiger partial charge in [0.2, 0.25) is 0 Å². The highest BCUT2D eigenvalue weighted by Crippen LogP contribution is 2.11. The van der Waals surface area contributed by atoms with Gasteiger partial charge in [-0.2, -0.15) is 0 Å². The highest BCUT2D eigenvalue weighted by Gasteiger charge is 2.21. The molecule has 0 aliphatic carbocycles. The van der Waals surface area contributed by atoms with E-state index in [-0.39, 0.29) is 30.0 Å². The first-order valence-corrected chi connectivity index (χ1v) is 5.76. The highest BCUT2D eigenvalue weighted by molar-refractivity contribution is 5.85. The number of carbonyl (C=O) groups is 1. The van der Waals surface area contributed by atoms with Crippen molar-refractivity contribution in [2.24, 2.45) is 0 Å². The van der Waals surface area contributed by atoms with Crippen LogP contribution in [0.25, 0.3) is 0 Å². The molecule has 1 N–H and O–H groups in total. The van der Waals surface area contributed by atoms with Gasteiger partial charge >= 0.3 is 0 Å². The van der Waals surface area contributed by atoms with Crippen molar-refractivity contribution in [2.45, 2.75) is 31.7 Å². The first-order chi connectivity index (χ1) is 7.75. The molecule has 0 radical (unpaired) electrons. The number of Topliss-reactive ketones (excluding diaryl/α,β-unsaturated/α-hetero) is 1. The third-order valence-corrected chi connectivity index (χ3v) is 3.02. The number of rotatable bonds is 4. The molecule has 2 rings (SSSR count). The summed E-state index contributed by atoms with van der Waals surface area (Å²) in [4.78, 5) is 11.7. The van der Waals surface area contributed by atoms with Crippen molar-refractivity contribution >= 4 is 18.2 Å². The Labute approximate surface area is 107 Å². The van der Waals surface area contributed by atoms with Gasteiger partial charge in [0, 0.05) is 6.42 Å². The Morgan fingerprint density at radius 3 is 2.65 bits per heavy atom. The largest absolute Gasteiger partial charge is 0.307 e. The topological polar surface area (TPSA) is 29.1 Å². The van der Waals surface area contributed by atoms with Crippen LogP contribution in [0.2, 0.25) is 0 Å². The lowest BCUT2D eigenvalue weighted by Crippen LogP contribution is -2.30. The van der Waals surface area contributed by atoms with Gasteiger partial charge in [-0.05, 0) is 43.5 Å². The monoisotopic (exact) mass is 257 g/mol. The van der Waals surface area contributed by atoms with E-state index in [0.717, 1.165) is 24.9 Å². The zero-order valence-corrected chi connectivity index (χ0v) is 10.4. The Hall–Kier alpha value is -0.930. The van der Waals surface area contributed by atoms with Crippen LogP contribution in [0.4, 0.5) is 4.39 Å². The predicted molar refractivity (Wildman–Crippen MR) is 68.0 cm³/mol. The van der Waals surface area contributed by atoms with Gasteiger partial charge in [0.25, 0.3) is 0 Å². The summed E-state index contributed by atoms with van der Waals surface area (Å²) >= 11 is 0. The second-order valence-electron chi connectivity index (χ2n) is 4.24. The number of ketones is 1. The molecule has 0 saturated carbocycles. The molecule has 2 nitrogen and oxygen atoms in total. The van der Waals surface area contributed by atoms with E-state index in [4.69, 9.17) is 0 Å². The summed E-state index contributed by atoms with van der Waals surface area (Å²) in [7, 11) is 0. The summed E-state index contributed by atoms with van der Waals surface area (Å²) in [5.41, 5.74) is 1.02. The molecule has 94 valence electrons. The molecule has 1 heterocycles. The molecule has 0 spiro atoms. The van der Waals surface area contributed by atoms with Gasteiger partial charge in [0.1, 0.15) is 11.6 Å². The maximum absolute atomic E-state index is 12.7. The summed E-state index contributed by atoms with van der Waals surface area (Å²) in [6, 6.07) is 6.41. The van der Waals surface area contributed by atoms with Crippen LogP contribution in [0, 0.1) is 5.82 Å². The van der Waals surface area contributed by atoms with Crippen LogP contribution in [0.3, 0.4) is 0 Å². The number of hydrogen-bond donors (Lipinski definition) is 1. The van der Waals surface area contributed by atoms with E-state index in [1.54, 1.807) is 12.1 Å². The first kappa shape index (κ1) is 14.1. The minimum Gasteiger partial charge on any atom is -0.307 e. The average Bonchev–Trinajstić information content (AvgIpc) is 2.81. The fourth-order valence-corrected chi connectivity index (χ4v) is 2.05. The summed E-state index contributed by atoms with van der Waals surface area (Å²) < 4.78 is 12.7. The van der Waals surface area contributed by atoms with E-state index in [2.05, 4.69) is 5.32 Å². The lowest BCUT2D eigenvalue weighted by atomic mass is 10.0. The van der Waals surface area contributed by atoms with Gasteiger partial charge in [-0.15, -0.1) is 12.4 Å². The quantitative estimate of drug-likeness (QED) is 0.898. The summed E-state index contributed by atoms with van der Waals surface area (Å²) in [6.07, 6.45) is 3.30. The molecule has 0 bridgehead atoms. The maximum Gasteiger partial charge on any atom is 0.150 e. The number of benzene rings is 1. The Morgan fingerprint density at radius 2 is 2.06 bits per heavy atom. The maximum atomic E-state index is 12.7. The second kappa shape index (κ2) is 6.72. The molecule has 0 aromatic heterocycles. The Morgan fingerprint density at radius 1 is 1.35 bits per heavy atom. The van der Waals surface area contributed by atoms with Crippen LogP contribution < -0.4 is 5.32 Å². The van der Waals surface area contributed by atoms with Crippen molar-refractivity contribution in [3.8, 4) is 0 Å². The molecular formula is C13H17ClFNO. The van der Waals surface area contributed by atoms with Gasteiger partial charge in [0.05, 0.1) is 6.04 Å². The van der Waals surface area contributed by atoms with Crippen LogP contribution in [0.5, 0.6) is 0 Å². The minimum atomic E-state index is -0.229. The zero-order valence-electron chi connectivity index (χ0n) is 9.62. The predicted octanol–water partition coefficient (Wildman–Crippen LogP) is 2.50. The van der Waals surface area contributed by atoms with Gasteiger partial charge in [-0.3, -0.25) is 4.79 Å². The number of hydrogen-bond acceptors (Lipinski definition) is 2. The molecule has 0 unspecified atom stereocenters. The lowest BCUT2D eigenvalue weighted by molar-refractivity contribution is -0.120. The molecule has 1 aromatic rings. The molecule has 1 fully saturated rings. The minimum absolute atomic E-state index is 0. The first-order valence-electron chi connectivity index (χ1n) is 5.76. The van der Waals surface area contributed by atoms with Crippen molar-refractivity contribution in [3.05, 3.63) is 35.6 Å². The molecule has 4 heteroatoms. The number of nitrogens with one attached hydrogen (secondary N) is 1. The SMILES string of the molecule is Cl.O=C(CCc1ccc(F)cc1)[C@H]1CCCN1. The molecule has 0 amide bonds. The van der Waals surface area contributed by atoms with E-state index in [1.807, 2.05) is 0 Å². The van der Waals surface area contributed by atoms with Gasteiger partial charge < -0.3 is 5.32 Å². The van der Waals surface area contributed by atoms with E-state index < -0.39 is 0 Å². The Balaban J connectivity index is 0.00000144. The Bertz CT molecular complexity index is 360. The van der Waals surface area contributed by atoms with E-state index in [9.17, 15) is 9.18 Å². The van der Waals surface area contributed by atoms with Crippen molar-refractivity contribution in [1.29, 1.82) is 0 Å². The zero-order chi connectivity index (χ0) is 11.4. The van der Waals surface area contributed by atoms with Crippen LogP contribution in [0.1, 0.15) is 24.8 Å². The molecule has 17 heavy (non-hydrogen) atoms. The van der Waals surface area contributed by atoms with Crippen molar-refractivity contribution in [1.82, 2.24) is 5.32 Å². The third-order valence-electron chi connectivity index (χ3n) is 3.02. The van der Waals surface area contributed by atoms with Crippen molar-refractivity contribution < 1.29 is 9.18 Å². The van der Waals surface area contributed by atoms with E-state index in [1.165, 1.54) is 12.1 Å². The normalized spacial score (nSPS) is 18.8. The number of carbonyl (C=O) groups excluding carboxylic acids is 1. The van der Waals surface area contributed by atoms with E-state index in [0.29, 0.717) is 12.8 Å². The van der Waals surface area contributed by atoms with Gasteiger partial charge in [-0.25, -0.2) is 4.39 Å². The summed E-state index contributed by atoms with van der Waals surface area (Å²) in [6.45, 7) is 0.951. The molecule has 1 atom stereocenters. The van der Waals surface area contributed by atoms with Crippen LogP contribution in [-0.2, 0) is 11.2 Å². The van der Waals surface area contributed by atoms with E-state index >= 15 is 0 Å². The average molecular weight is 258 g/mol. The highest BCUT2D eigenvalue weighted by atomic mass is 35.5. The standard InChI is InChI=1S/C13H16FNO.ClH/c14-11-6-3-10(4-7-11)5-8-13(16)12-2-1-9-15-12;/h3-4,6-7,12,15H,1-2,5,8-9H2;1H/t12-;/m1./s1. The Kier molecular flexibility index (Phi) is 5.59. The van der Waals surface area contributed by atoms with Crippen molar-refractivity contribution in [3.63, 3.8) is 0 Å². The van der Waals surface area contributed by atoms with Crippen LogP contribution >= 0.6 is 12.4 Å². The molecule has 1 aliphatic rings. The van der Waals surface area contributed by atoms with Gasteiger partial charge in [-0.1, -0.05) is 12.1 Å². The lowest BCUT2D eigenvalue weighted by Gasteiger charge is -2.08. The second-order valence-corrected chi connectivity index (χ2v) is 4.24. The van der Waals surface area contributed by atoms with Crippen LogP contribution in [-0.4, -0.2) is 18.4 Å². The summed E-state index contributed by atoms with van der Waals surface area (Å²) in [5.74, 6) is 0.0503. The molecule has 1 aliphatic heterocycles. The van der Waals surface area contributed by atoms with Crippen molar-refractivity contribution in [2.75, 3.05) is 6.54 Å².